The number of amides is 3. The van der Waals surface area contributed by atoms with Crippen LogP contribution in [0.1, 0.15) is 49.7 Å². The van der Waals surface area contributed by atoms with Crippen LogP contribution in [-0.2, 0) is 17.9 Å². The maximum atomic E-state index is 13.6. The lowest BCUT2D eigenvalue weighted by atomic mass is 9.96. The van der Waals surface area contributed by atoms with Crippen LogP contribution >= 0.6 is 15.9 Å². The van der Waals surface area contributed by atoms with Crippen molar-refractivity contribution in [2.75, 3.05) is 6.54 Å². The summed E-state index contributed by atoms with van der Waals surface area (Å²) in [7, 11) is 0. The second kappa shape index (κ2) is 11.3. The molecule has 6 rings (SSSR count). The summed E-state index contributed by atoms with van der Waals surface area (Å²) in [5.74, 6) is -0.301. The van der Waals surface area contributed by atoms with Gasteiger partial charge in [-0.05, 0) is 84.7 Å². The molecule has 2 bridgehead atoms. The van der Waals surface area contributed by atoms with Gasteiger partial charge in [0.15, 0.2) is 0 Å². The second-order valence-electron chi connectivity index (χ2n) is 11.2. The van der Waals surface area contributed by atoms with Gasteiger partial charge in [0, 0.05) is 42.2 Å². The molecule has 3 heterocycles. The van der Waals surface area contributed by atoms with E-state index in [4.69, 9.17) is 0 Å². The van der Waals surface area contributed by atoms with Crippen molar-refractivity contribution >= 4 is 38.6 Å². The monoisotopic (exact) mass is 592 g/mol. The van der Waals surface area contributed by atoms with Gasteiger partial charge in [0.1, 0.15) is 11.9 Å². The van der Waals surface area contributed by atoms with Crippen molar-refractivity contribution in [1.82, 2.24) is 20.4 Å². The highest BCUT2D eigenvalue weighted by atomic mass is 79.9. The van der Waals surface area contributed by atoms with Crippen molar-refractivity contribution in [3.63, 3.8) is 0 Å². The highest BCUT2D eigenvalue weighted by molar-refractivity contribution is 9.10. The first-order chi connectivity index (χ1) is 18.9. The summed E-state index contributed by atoms with van der Waals surface area (Å²) in [6.07, 6.45) is 5.65. The van der Waals surface area contributed by atoms with E-state index in [-0.39, 0.29) is 23.8 Å². The molecule has 3 saturated heterocycles. The number of hydrogen-bond donors (Lipinski definition) is 2. The average molecular weight is 594 g/mol. The van der Waals surface area contributed by atoms with Gasteiger partial charge >= 0.3 is 6.03 Å². The Morgan fingerprint density at radius 3 is 2.49 bits per heavy atom. The number of urea groups is 1. The number of fused-ring (bicyclic) bond motifs is 3. The summed E-state index contributed by atoms with van der Waals surface area (Å²) in [4.78, 5) is 30.6. The molecule has 3 aromatic rings. The van der Waals surface area contributed by atoms with Crippen molar-refractivity contribution in [2.45, 2.75) is 75.8 Å². The fourth-order valence-corrected chi connectivity index (χ4v) is 7.13. The van der Waals surface area contributed by atoms with Gasteiger partial charge in [0.05, 0.1) is 0 Å². The molecular formula is C31H34BrFN4O2. The summed E-state index contributed by atoms with van der Waals surface area (Å²) in [6.45, 7) is 1.91. The third-order valence-corrected chi connectivity index (χ3v) is 9.44. The van der Waals surface area contributed by atoms with Gasteiger partial charge in [-0.2, -0.15) is 0 Å². The topological polar surface area (TPSA) is 64.7 Å². The number of carbonyl (C=O) groups is 2. The van der Waals surface area contributed by atoms with Crippen LogP contribution in [0.25, 0.3) is 10.8 Å². The lowest BCUT2D eigenvalue weighted by Gasteiger charge is -2.40. The van der Waals surface area contributed by atoms with Gasteiger partial charge in [-0.3, -0.25) is 9.69 Å². The number of carbonyl (C=O) groups excluding carboxylic acids is 2. The van der Waals surface area contributed by atoms with Crippen molar-refractivity contribution in [2.24, 2.45) is 0 Å². The molecule has 3 amide bonds. The lowest BCUT2D eigenvalue weighted by molar-refractivity contribution is -0.124. The first-order valence-electron chi connectivity index (χ1n) is 14.0. The minimum Gasteiger partial charge on any atom is -0.350 e. The van der Waals surface area contributed by atoms with Crippen molar-refractivity contribution in [3.8, 4) is 0 Å². The number of halogens is 2. The number of benzene rings is 3. The fourth-order valence-electron chi connectivity index (χ4n) is 6.71. The van der Waals surface area contributed by atoms with Crippen LogP contribution < -0.4 is 10.6 Å². The van der Waals surface area contributed by atoms with E-state index >= 15 is 0 Å². The van der Waals surface area contributed by atoms with E-state index in [2.05, 4.69) is 43.6 Å². The summed E-state index contributed by atoms with van der Waals surface area (Å²) in [6, 6.07) is 19.5. The van der Waals surface area contributed by atoms with E-state index in [1.54, 1.807) is 11.0 Å². The average Bonchev–Trinajstić information content (AvgIpc) is 3.50. The van der Waals surface area contributed by atoms with E-state index in [1.165, 1.54) is 11.6 Å². The summed E-state index contributed by atoms with van der Waals surface area (Å²) >= 11 is 3.53. The Hall–Kier alpha value is -2.97. The van der Waals surface area contributed by atoms with E-state index in [0.29, 0.717) is 31.6 Å². The van der Waals surface area contributed by atoms with Crippen molar-refractivity contribution in [3.05, 3.63) is 82.1 Å². The third kappa shape index (κ3) is 5.68. The molecule has 39 heavy (non-hydrogen) atoms. The molecule has 3 aliphatic heterocycles. The smallest absolute Gasteiger partial charge is 0.318 e. The maximum Gasteiger partial charge on any atom is 0.318 e. The zero-order chi connectivity index (χ0) is 26.9. The predicted octanol–water partition coefficient (Wildman–Crippen LogP) is 5.73. The summed E-state index contributed by atoms with van der Waals surface area (Å²) in [5.41, 5.74) is 2.25. The second-order valence-corrected chi connectivity index (χ2v) is 12.0. The number of nitrogens with zero attached hydrogens (tertiary/aromatic N) is 2. The molecule has 0 saturated carbocycles. The molecule has 3 atom stereocenters. The van der Waals surface area contributed by atoms with Crippen LogP contribution in [0.15, 0.2) is 65.1 Å². The Kier molecular flexibility index (Phi) is 7.58. The first kappa shape index (κ1) is 26.3. The molecule has 8 heteroatoms. The third-order valence-electron chi connectivity index (χ3n) is 8.67. The van der Waals surface area contributed by atoms with Crippen LogP contribution in [0.4, 0.5) is 9.18 Å². The van der Waals surface area contributed by atoms with E-state index < -0.39 is 6.04 Å². The van der Waals surface area contributed by atoms with Crippen molar-refractivity contribution in [1.29, 1.82) is 0 Å². The summed E-state index contributed by atoms with van der Waals surface area (Å²) < 4.78 is 14.5. The predicted molar refractivity (Wildman–Crippen MR) is 154 cm³/mol. The molecule has 3 aromatic carbocycles. The first-order valence-corrected chi connectivity index (χ1v) is 14.8. The Balaban J connectivity index is 1.04. The van der Waals surface area contributed by atoms with Crippen LogP contribution in [-0.4, -0.2) is 52.5 Å². The normalized spacial score (nSPS) is 24.7. The quantitative estimate of drug-likeness (QED) is 0.384. The SMILES string of the molecule is O=C(NCc1ccccc1Br)[C@@H]1CCCN1C(=O)NC1CC2CCC(C1)N2Cc1ccc2cc(F)ccc2c1. The lowest BCUT2D eigenvalue weighted by Crippen LogP contribution is -2.55. The zero-order valence-electron chi connectivity index (χ0n) is 21.9. The molecule has 6 nitrogen and oxygen atoms in total. The highest BCUT2D eigenvalue weighted by Crippen LogP contribution is 2.37. The molecule has 0 aromatic heterocycles. The Bertz CT molecular complexity index is 1370. The van der Waals surface area contributed by atoms with Crippen LogP contribution in [0, 0.1) is 5.82 Å². The molecule has 2 N–H and O–H groups in total. The van der Waals surface area contributed by atoms with Gasteiger partial charge in [-0.15, -0.1) is 0 Å². The summed E-state index contributed by atoms with van der Waals surface area (Å²) in [5, 5.41) is 8.28. The van der Waals surface area contributed by atoms with Crippen LogP contribution in [0.5, 0.6) is 0 Å². The van der Waals surface area contributed by atoms with Crippen LogP contribution in [0.3, 0.4) is 0 Å². The van der Waals surface area contributed by atoms with E-state index in [0.717, 1.165) is 59.5 Å². The molecular weight excluding hydrogens is 559 g/mol. The van der Waals surface area contributed by atoms with E-state index in [1.807, 2.05) is 36.4 Å². The van der Waals surface area contributed by atoms with Gasteiger partial charge in [-0.25, -0.2) is 9.18 Å². The highest BCUT2D eigenvalue weighted by Gasteiger charge is 2.42. The molecule has 0 spiro atoms. The number of likely N-dealkylation sites (tertiary alicyclic amines) is 1. The number of piperidine rings is 1. The minimum absolute atomic E-state index is 0.0913. The number of rotatable bonds is 6. The van der Waals surface area contributed by atoms with Crippen molar-refractivity contribution < 1.29 is 14.0 Å². The molecule has 204 valence electrons. The molecule has 0 radical (unpaired) electrons. The number of nitrogens with one attached hydrogen (secondary N) is 2. The fraction of sp³-hybridized carbons (Fsp3) is 0.419. The minimum atomic E-state index is -0.425. The van der Waals surface area contributed by atoms with Gasteiger partial charge in [0.2, 0.25) is 5.91 Å². The largest absolute Gasteiger partial charge is 0.350 e. The molecule has 0 aliphatic carbocycles. The Morgan fingerprint density at radius 1 is 0.949 bits per heavy atom. The maximum absolute atomic E-state index is 13.6. The molecule has 2 unspecified atom stereocenters. The standard InChI is InChI=1S/C31H34BrFN4O2/c32-28-5-2-1-4-23(28)18-34-30(38)29-6-3-13-36(29)31(39)35-25-16-26-11-12-27(17-25)37(26)19-20-7-8-22-15-24(33)10-9-21(22)14-20/h1-2,4-5,7-10,14-15,25-27,29H,3,6,11-13,16-19H2,(H,34,38)(H,35,39)/t25?,26?,27?,29-/m0/s1. The van der Waals surface area contributed by atoms with Gasteiger partial charge in [-0.1, -0.05) is 52.3 Å². The Labute approximate surface area is 237 Å². The molecule has 3 fully saturated rings. The van der Waals surface area contributed by atoms with Crippen LogP contribution in [0.2, 0.25) is 0 Å². The molecule has 3 aliphatic rings. The zero-order valence-corrected chi connectivity index (χ0v) is 23.5. The van der Waals surface area contributed by atoms with Gasteiger partial charge < -0.3 is 15.5 Å². The Morgan fingerprint density at radius 2 is 1.69 bits per heavy atom. The van der Waals surface area contributed by atoms with Gasteiger partial charge in [0.25, 0.3) is 0 Å². The van der Waals surface area contributed by atoms with E-state index in [9.17, 15) is 14.0 Å². The number of hydrogen-bond acceptors (Lipinski definition) is 3.